The van der Waals surface area contributed by atoms with E-state index in [9.17, 15) is 0 Å². The van der Waals surface area contributed by atoms with Gasteiger partial charge in [-0.3, -0.25) is 0 Å². The topological polar surface area (TPSA) is 51.9 Å². The molecular weight excluding hydrogens is 316 g/mol. The second kappa shape index (κ2) is 6.27. The summed E-state index contributed by atoms with van der Waals surface area (Å²) in [5, 5.41) is 4.69. The third-order valence-corrected chi connectivity index (χ3v) is 4.58. The summed E-state index contributed by atoms with van der Waals surface area (Å²) in [5.74, 6) is 3.12. The van der Waals surface area contributed by atoms with Gasteiger partial charge >= 0.3 is 0 Å². The van der Waals surface area contributed by atoms with Crippen molar-refractivity contribution >= 4 is 11.3 Å². The lowest BCUT2D eigenvalue weighted by atomic mass is 10.2. The van der Waals surface area contributed by atoms with Crippen molar-refractivity contribution in [2.75, 3.05) is 26.2 Å². The zero-order chi connectivity index (χ0) is 17.4. The average Bonchev–Trinajstić information content (AvgIpc) is 3.39. The Morgan fingerprint density at radius 3 is 2.48 bits per heavy atom. The molecule has 0 N–H and O–H groups in total. The van der Waals surface area contributed by atoms with Gasteiger partial charge in [-0.05, 0) is 36.6 Å². The minimum Gasteiger partial charge on any atom is -0.497 e. The Balaban J connectivity index is 1.64. The maximum absolute atomic E-state index is 5.36. The van der Waals surface area contributed by atoms with Crippen LogP contribution in [0.5, 0.6) is 11.5 Å². The molecule has 0 spiro atoms. The van der Waals surface area contributed by atoms with Crippen LogP contribution in [0.25, 0.3) is 5.52 Å². The Labute approximate surface area is 147 Å². The number of ether oxygens (including phenoxy) is 2. The molecule has 1 saturated carbocycles. The van der Waals surface area contributed by atoms with E-state index in [4.69, 9.17) is 9.47 Å². The number of anilines is 1. The predicted molar refractivity (Wildman–Crippen MR) is 96.6 cm³/mol. The monoisotopic (exact) mass is 338 g/mol. The summed E-state index contributed by atoms with van der Waals surface area (Å²) in [6.45, 7) is 0.699. The maximum atomic E-state index is 5.36. The zero-order valence-electron chi connectivity index (χ0n) is 14.8. The third kappa shape index (κ3) is 3.12. The van der Waals surface area contributed by atoms with Gasteiger partial charge in [0.1, 0.15) is 17.0 Å². The largest absolute Gasteiger partial charge is 0.497 e. The van der Waals surface area contributed by atoms with Crippen LogP contribution >= 0.6 is 0 Å². The molecule has 1 aliphatic carbocycles. The second-order valence-electron chi connectivity index (χ2n) is 6.50. The molecule has 1 fully saturated rings. The van der Waals surface area contributed by atoms with Crippen molar-refractivity contribution in [2.45, 2.75) is 25.3 Å². The molecule has 0 saturated heterocycles. The molecule has 2 aromatic heterocycles. The second-order valence-corrected chi connectivity index (χ2v) is 6.50. The number of fused-ring (bicyclic) bond motifs is 1. The molecule has 25 heavy (non-hydrogen) atoms. The van der Waals surface area contributed by atoms with Gasteiger partial charge in [-0.2, -0.15) is 5.10 Å². The summed E-state index contributed by atoms with van der Waals surface area (Å²) in [7, 11) is 5.37. The van der Waals surface area contributed by atoms with Crippen molar-refractivity contribution < 1.29 is 9.47 Å². The van der Waals surface area contributed by atoms with Crippen molar-refractivity contribution in [3.8, 4) is 11.5 Å². The van der Waals surface area contributed by atoms with Gasteiger partial charge in [0.25, 0.3) is 0 Å². The number of aromatic nitrogens is 3. The van der Waals surface area contributed by atoms with E-state index in [1.54, 1.807) is 20.4 Å². The van der Waals surface area contributed by atoms with Crippen LogP contribution in [-0.4, -0.2) is 35.9 Å². The molecule has 0 aliphatic heterocycles. The molecule has 0 radical (unpaired) electrons. The maximum Gasteiger partial charge on any atom is 0.154 e. The molecule has 0 amide bonds. The smallest absolute Gasteiger partial charge is 0.154 e. The molecule has 0 bridgehead atoms. The van der Waals surface area contributed by atoms with Gasteiger partial charge in [0, 0.05) is 38.0 Å². The van der Waals surface area contributed by atoms with Gasteiger partial charge in [0.05, 0.1) is 19.9 Å². The van der Waals surface area contributed by atoms with Crippen molar-refractivity contribution in [3.63, 3.8) is 0 Å². The average molecular weight is 338 g/mol. The van der Waals surface area contributed by atoms with Crippen LogP contribution in [0.15, 0.2) is 36.7 Å². The fourth-order valence-corrected chi connectivity index (χ4v) is 3.11. The van der Waals surface area contributed by atoms with E-state index in [1.807, 2.05) is 36.0 Å². The molecule has 0 unspecified atom stereocenters. The van der Waals surface area contributed by atoms with Crippen molar-refractivity contribution in [1.29, 1.82) is 0 Å². The zero-order valence-corrected chi connectivity index (χ0v) is 14.8. The molecule has 2 heterocycles. The molecule has 4 rings (SSSR count). The fraction of sp³-hybridized carbons (Fsp3) is 0.368. The van der Waals surface area contributed by atoms with Crippen molar-refractivity contribution in [3.05, 3.63) is 47.9 Å². The highest BCUT2D eigenvalue weighted by atomic mass is 16.5. The number of rotatable bonds is 6. The number of hydrogen-bond donors (Lipinski definition) is 0. The number of methoxy groups -OCH3 is 2. The van der Waals surface area contributed by atoms with E-state index in [-0.39, 0.29) is 0 Å². The van der Waals surface area contributed by atoms with Gasteiger partial charge in [-0.15, -0.1) is 0 Å². The normalized spacial score (nSPS) is 13.9. The minimum absolute atomic E-state index is 0.626. The highest BCUT2D eigenvalue weighted by Gasteiger charge is 2.27. The van der Waals surface area contributed by atoms with Gasteiger partial charge in [0.2, 0.25) is 0 Å². The van der Waals surface area contributed by atoms with Crippen LogP contribution in [-0.2, 0) is 6.54 Å². The quantitative estimate of drug-likeness (QED) is 0.690. The number of benzene rings is 1. The fourth-order valence-electron chi connectivity index (χ4n) is 3.11. The highest BCUT2D eigenvalue weighted by Crippen LogP contribution is 2.40. The molecule has 6 heteroatoms. The third-order valence-electron chi connectivity index (χ3n) is 4.58. The first-order valence-corrected chi connectivity index (χ1v) is 8.45. The van der Waals surface area contributed by atoms with Crippen LogP contribution in [0.3, 0.4) is 0 Å². The lowest BCUT2D eigenvalue weighted by Crippen LogP contribution is -2.18. The SMILES string of the molecule is COc1cc(CN(C)c2nccn3nc(C4CC4)cc23)cc(OC)c1. The molecule has 130 valence electrons. The van der Waals surface area contributed by atoms with Gasteiger partial charge < -0.3 is 14.4 Å². The number of hydrogen-bond acceptors (Lipinski definition) is 5. The molecule has 1 aromatic carbocycles. The van der Waals surface area contributed by atoms with Crippen molar-refractivity contribution in [2.24, 2.45) is 0 Å². The molecule has 0 atom stereocenters. The van der Waals surface area contributed by atoms with E-state index >= 15 is 0 Å². The summed E-state index contributed by atoms with van der Waals surface area (Å²) < 4.78 is 12.7. The minimum atomic E-state index is 0.626. The Morgan fingerprint density at radius 2 is 1.84 bits per heavy atom. The van der Waals surface area contributed by atoms with Crippen LogP contribution in [0, 0.1) is 0 Å². The molecular formula is C19H22N4O2. The number of nitrogens with zero attached hydrogens (tertiary/aromatic N) is 4. The Morgan fingerprint density at radius 1 is 1.12 bits per heavy atom. The summed E-state index contributed by atoms with van der Waals surface area (Å²) in [5.41, 5.74) is 3.32. The summed E-state index contributed by atoms with van der Waals surface area (Å²) in [4.78, 5) is 6.71. The van der Waals surface area contributed by atoms with Gasteiger partial charge in [-0.1, -0.05) is 0 Å². The Kier molecular flexibility index (Phi) is 3.95. The lowest BCUT2D eigenvalue weighted by Gasteiger charge is -2.19. The van der Waals surface area contributed by atoms with Gasteiger partial charge in [0.15, 0.2) is 5.82 Å². The standard InChI is InChI=1S/C19H22N4O2/c1-22(12-13-8-15(24-2)10-16(9-13)25-3)19-18-11-17(14-4-5-14)21-23(18)7-6-20-19/h6-11,14H,4-5,12H2,1-3H3. The van der Waals surface area contributed by atoms with E-state index in [1.165, 1.54) is 18.5 Å². The van der Waals surface area contributed by atoms with E-state index in [0.29, 0.717) is 12.5 Å². The highest BCUT2D eigenvalue weighted by molar-refractivity contribution is 5.69. The first-order chi connectivity index (χ1) is 12.2. The summed E-state index contributed by atoms with van der Waals surface area (Å²) in [6, 6.07) is 8.08. The van der Waals surface area contributed by atoms with E-state index < -0.39 is 0 Å². The summed E-state index contributed by atoms with van der Waals surface area (Å²) in [6.07, 6.45) is 6.19. The predicted octanol–water partition coefficient (Wildman–Crippen LogP) is 3.26. The van der Waals surface area contributed by atoms with Crippen LogP contribution in [0.1, 0.15) is 30.0 Å². The molecule has 3 aromatic rings. The van der Waals surface area contributed by atoms with Crippen LogP contribution in [0.4, 0.5) is 5.82 Å². The van der Waals surface area contributed by atoms with Crippen LogP contribution < -0.4 is 14.4 Å². The summed E-state index contributed by atoms with van der Waals surface area (Å²) >= 11 is 0. The molecule has 6 nitrogen and oxygen atoms in total. The van der Waals surface area contributed by atoms with Gasteiger partial charge in [-0.25, -0.2) is 9.50 Å². The molecule has 1 aliphatic rings. The Bertz CT molecular complexity index is 879. The van der Waals surface area contributed by atoms with E-state index in [2.05, 4.69) is 21.0 Å². The lowest BCUT2D eigenvalue weighted by molar-refractivity contribution is 0.393. The van der Waals surface area contributed by atoms with Crippen molar-refractivity contribution in [1.82, 2.24) is 14.6 Å². The van der Waals surface area contributed by atoms with E-state index in [0.717, 1.165) is 28.4 Å². The Hall–Kier alpha value is -2.76. The first-order valence-electron chi connectivity index (χ1n) is 8.45. The first kappa shape index (κ1) is 15.7. The van der Waals surface area contributed by atoms with Crippen LogP contribution in [0.2, 0.25) is 0 Å².